The van der Waals surface area contributed by atoms with Crippen molar-refractivity contribution in [3.63, 3.8) is 0 Å². The van der Waals surface area contributed by atoms with Crippen molar-refractivity contribution in [3.8, 4) is 0 Å². The highest BCUT2D eigenvalue weighted by Gasteiger charge is 2.36. The van der Waals surface area contributed by atoms with E-state index in [2.05, 4.69) is 15.8 Å². The number of amides is 3. The van der Waals surface area contributed by atoms with Crippen LogP contribution in [-0.4, -0.2) is 28.9 Å². The van der Waals surface area contributed by atoms with Crippen molar-refractivity contribution in [1.82, 2.24) is 10.5 Å². The van der Waals surface area contributed by atoms with Crippen LogP contribution in [0.15, 0.2) is 57.7 Å². The quantitative estimate of drug-likeness (QED) is 0.424. The molecule has 1 fully saturated rings. The van der Waals surface area contributed by atoms with Gasteiger partial charge in [-0.05, 0) is 56.0 Å². The molecule has 3 amide bonds. The van der Waals surface area contributed by atoms with E-state index in [4.69, 9.17) is 8.94 Å². The number of benzene rings is 1. The summed E-state index contributed by atoms with van der Waals surface area (Å²) >= 11 is 0. The number of nitrogens with zero attached hydrogens (tertiary/aromatic N) is 2. The minimum atomic E-state index is -0.998. The van der Waals surface area contributed by atoms with Crippen molar-refractivity contribution in [2.45, 2.75) is 70.9 Å². The molecule has 1 saturated carbocycles. The van der Waals surface area contributed by atoms with Gasteiger partial charge >= 0.3 is 0 Å². The van der Waals surface area contributed by atoms with Crippen LogP contribution in [0.4, 0.5) is 11.5 Å². The van der Waals surface area contributed by atoms with Gasteiger partial charge in [0.1, 0.15) is 11.5 Å². The van der Waals surface area contributed by atoms with Gasteiger partial charge in [0.05, 0.1) is 6.26 Å². The van der Waals surface area contributed by atoms with Gasteiger partial charge in [-0.15, -0.1) is 0 Å². The van der Waals surface area contributed by atoms with E-state index in [1.54, 1.807) is 25.1 Å². The average molecular weight is 493 g/mol. The van der Waals surface area contributed by atoms with E-state index in [0.29, 0.717) is 23.0 Å². The number of nitrogens with one attached hydrogen (secondary N) is 2. The first-order valence-corrected chi connectivity index (χ1v) is 12.4. The molecule has 36 heavy (non-hydrogen) atoms. The topological polar surface area (TPSA) is 118 Å². The molecule has 190 valence electrons. The maximum atomic E-state index is 13.6. The van der Waals surface area contributed by atoms with Crippen LogP contribution in [0.1, 0.15) is 68.6 Å². The van der Waals surface area contributed by atoms with E-state index >= 15 is 0 Å². The molecule has 9 heteroatoms. The standard InChI is InChI=1S/C27H32N4O5/c1-3-19-10-12-21(13-11-19)31(25(33)15-14-24(32)29-23-17-18(2)36-30-23)26(22-9-6-16-35-22)27(34)28-20-7-4-5-8-20/h6,9-13,16-17,20,26H,3-5,7-8,14-15H2,1-2H3,(H,28,34)(H,29,30,32)/t26-/m1/s1. The van der Waals surface area contributed by atoms with Gasteiger partial charge in [0.25, 0.3) is 5.91 Å². The third kappa shape index (κ3) is 6.21. The zero-order valence-electron chi connectivity index (χ0n) is 20.7. The predicted octanol–water partition coefficient (Wildman–Crippen LogP) is 4.69. The van der Waals surface area contributed by atoms with Crippen molar-refractivity contribution < 1.29 is 23.3 Å². The van der Waals surface area contributed by atoms with E-state index in [0.717, 1.165) is 37.7 Å². The molecule has 1 aliphatic carbocycles. The smallest absolute Gasteiger partial charge is 0.251 e. The Kier molecular flexibility index (Phi) is 8.20. The molecule has 1 aliphatic rings. The molecule has 4 rings (SSSR count). The first kappa shape index (κ1) is 25.2. The highest BCUT2D eigenvalue weighted by molar-refractivity contribution is 6.03. The van der Waals surface area contributed by atoms with E-state index in [-0.39, 0.29) is 36.6 Å². The van der Waals surface area contributed by atoms with Gasteiger partial charge in [0, 0.05) is 30.6 Å². The fourth-order valence-corrected chi connectivity index (χ4v) is 4.47. The van der Waals surface area contributed by atoms with Gasteiger partial charge in [-0.3, -0.25) is 19.3 Å². The van der Waals surface area contributed by atoms with Gasteiger partial charge in [-0.25, -0.2) is 0 Å². The Morgan fingerprint density at radius 2 is 1.86 bits per heavy atom. The number of hydrogen-bond donors (Lipinski definition) is 2. The van der Waals surface area contributed by atoms with Gasteiger partial charge < -0.3 is 19.6 Å². The number of aromatic nitrogens is 1. The second-order valence-electron chi connectivity index (χ2n) is 9.06. The number of rotatable bonds is 10. The second kappa shape index (κ2) is 11.7. The SMILES string of the molecule is CCc1ccc(N(C(=O)CCC(=O)Nc2cc(C)on2)[C@@H](C(=O)NC2CCCC2)c2ccco2)cc1. The zero-order valence-corrected chi connectivity index (χ0v) is 20.7. The van der Waals surface area contributed by atoms with Gasteiger partial charge in [0.15, 0.2) is 11.9 Å². The number of aryl methyl sites for hydroxylation is 2. The molecule has 3 aromatic rings. The Hall–Kier alpha value is -3.88. The maximum Gasteiger partial charge on any atom is 0.251 e. The molecule has 0 spiro atoms. The predicted molar refractivity (Wildman–Crippen MR) is 134 cm³/mol. The molecule has 0 aliphatic heterocycles. The Labute approximate surface area is 210 Å². The van der Waals surface area contributed by atoms with E-state index in [1.165, 1.54) is 11.2 Å². The molecule has 1 atom stereocenters. The van der Waals surface area contributed by atoms with Crippen LogP contribution in [0.5, 0.6) is 0 Å². The van der Waals surface area contributed by atoms with Crippen LogP contribution < -0.4 is 15.5 Å². The molecular weight excluding hydrogens is 460 g/mol. The Bertz CT molecular complexity index is 1160. The lowest BCUT2D eigenvalue weighted by Crippen LogP contribution is -2.46. The van der Waals surface area contributed by atoms with Crippen molar-refractivity contribution in [3.05, 3.63) is 65.8 Å². The molecule has 1 aromatic carbocycles. The largest absolute Gasteiger partial charge is 0.467 e. The first-order chi connectivity index (χ1) is 17.4. The fourth-order valence-electron chi connectivity index (χ4n) is 4.47. The molecule has 2 aromatic heterocycles. The number of carbonyl (C=O) groups is 3. The van der Waals surface area contributed by atoms with Crippen LogP contribution >= 0.6 is 0 Å². The van der Waals surface area contributed by atoms with E-state index in [9.17, 15) is 14.4 Å². The third-order valence-corrected chi connectivity index (χ3v) is 6.37. The van der Waals surface area contributed by atoms with Crippen LogP contribution in [-0.2, 0) is 20.8 Å². The summed E-state index contributed by atoms with van der Waals surface area (Å²) in [6.07, 6.45) is 6.11. The summed E-state index contributed by atoms with van der Waals surface area (Å²) in [6.45, 7) is 3.77. The van der Waals surface area contributed by atoms with Gasteiger partial charge in [-0.2, -0.15) is 0 Å². The molecule has 0 radical (unpaired) electrons. The summed E-state index contributed by atoms with van der Waals surface area (Å²) in [6, 6.07) is 11.6. The van der Waals surface area contributed by atoms with Crippen LogP contribution in [0, 0.1) is 6.92 Å². The molecule has 0 saturated heterocycles. The Morgan fingerprint density at radius 3 is 2.47 bits per heavy atom. The minimum Gasteiger partial charge on any atom is -0.467 e. The van der Waals surface area contributed by atoms with Crippen molar-refractivity contribution in [1.29, 1.82) is 0 Å². The lowest BCUT2D eigenvalue weighted by Gasteiger charge is -2.31. The Balaban J connectivity index is 1.58. The molecular formula is C27H32N4O5. The zero-order chi connectivity index (χ0) is 25.5. The van der Waals surface area contributed by atoms with Crippen LogP contribution in [0.2, 0.25) is 0 Å². The van der Waals surface area contributed by atoms with Gasteiger partial charge in [-0.1, -0.05) is 37.1 Å². The lowest BCUT2D eigenvalue weighted by molar-refractivity contribution is -0.128. The molecule has 9 nitrogen and oxygen atoms in total. The summed E-state index contributed by atoms with van der Waals surface area (Å²) in [5, 5.41) is 9.48. The minimum absolute atomic E-state index is 0.0751. The average Bonchev–Trinajstić information content (AvgIpc) is 3.65. The summed E-state index contributed by atoms with van der Waals surface area (Å²) in [5.41, 5.74) is 1.67. The van der Waals surface area contributed by atoms with Crippen LogP contribution in [0.3, 0.4) is 0 Å². The number of furan rings is 1. The Morgan fingerprint density at radius 1 is 1.11 bits per heavy atom. The summed E-state index contributed by atoms with van der Waals surface area (Å²) in [7, 11) is 0. The van der Waals surface area contributed by atoms with Crippen molar-refractivity contribution in [2.75, 3.05) is 10.2 Å². The number of carbonyl (C=O) groups excluding carboxylic acids is 3. The van der Waals surface area contributed by atoms with Crippen LogP contribution in [0.25, 0.3) is 0 Å². The van der Waals surface area contributed by atoms with Crippen molar-refractivity contribution >= 4 is 29.2 Å². The summed E-state index contributed by atoms with van der Waals surface area (Å²) < 4.78 is 10.6. The number of anilines is 2. The highest BCUT2D eigenvalue weighted by atomic mass is 16.5. The highest BCUT2D eigenvalue weighted by Crippen LogP contribution is 2.31. The molecule has 0 unspecified atom stereocenters. The van der Waals surface area contributed by atoms with Gasteiger partial charge in [0.2, 0.25) is 11.8 Å². The number of hydrogen-bond acceptors (Lipinski definition) is 6. The molecule has 2 heterocycles. The fraction of sp³-hybridized carbons (Fsp3) is 0.407. The monoisotopic (exact) mass is 492 g/mol. The maximum absolute atomic E-state index is 13.6. The van der Waals surface area contributed by atoms with Crippen molar-refractivity contribution in [2.24, 2.45) is 0 Å². The normalized spacial score (nSPS) is 14.4. The second-order valence-corrected chi connectivity index (χ2v) is 9.06. The third-order valence-electron chi connectivity index (χ3n) is 6.37. The lowest BCUT2D eigenvalue weighted by atomic mass is 10.1. The first-order valence-electron chi connectivity index (χ1n) is 12.4. The molecule has 2 N–H and O–H groups in total. The van der Waals surface area contributed by atoms with E-state index in [1.807, 2.05) is 31.2 Å². The summed E-state index contributed by atoms with van der Waals surface area (Å²) in [4.78, 5) is 41.1. The van der Waals surface area contributed by atoms with E-state index < -0.39 is 6.04 Å². The summed E-state index contributed by atoms with van der Waals surface area (Å²) in [5.74, 6) is 0.184. The molecule has 0 bridgehead atoms.